The Labute approximate surface area is 113 Å². The molecule has 0 atom stereocenters. The molecule has 1 aromatic rings. The van der Waals surface area contributed by atoms with Crippen LogP contribution in [0.5, 0.6) is 5.75 Å². The Morgan fingerprint density at radius 2 is 1.89 bits per heavy atom. The molecule has 4 N–H and O–H groups in total. The number of nitrogens with two attached hydrogens (primary N) is 1. The van der Waals surface area contributed by atoms with E-state index in [1.807, 2.05) is 13.8 Å². The number of nitrogens with one attached hydrogen (secondary N) is 1. The first kappa shape index (κ1) is 15.3. The molecule has 0 bridgehead atoms. The molecule has 0 spiro atoms. The van der Waals surface area contributed by atoms with Crippen LogP contribution in [0.4, 0.5) is 5.69 Å². The predicted octanol–water partition coefficient (Wildman–Crippen LogP) is 1.31. The van der Waals surface area contributed by atoms with Gasteiger partial charge in [-0.15, -0.1) is 0 Å². The van der Waals surface area contributed by atoms with Crippen LogP contribution in [0.1, 0.15) is 26.7 Å². The van der Waals surface area contributed by atoms with Gasteiger partial charge in [0.2, 0.25) is 0 Å². The summed E-state index contributed by atoms with van der Waals surface area (Å²) in [5, 5.41) is 12.2. The van der Waals surface area contributed by atoms with E-state index < -0.39 is 5.54 Å². The van der Waals surface area contributed by atoms with Gasteiger partial charge in [0.15, 0.2) is 6.61 Å². The third-order valence-corrected chi connectivity index (χ3v) is 3.31. The Kier molecular flexibility index (Phi) is 5.63. The van der Waals surface area contributed by atoms with Crippen molar-refractivity contribution >= 4 is 11.6 Å². The largest absolute Gasteiger partial charge is 0.484 e. The average Bonchev–Trinajstić information content (AvgIpc) is 2.44. The van der Waals surface area contributed by atoms with Crippen LogP contribution in [0.2, 0.25) is 0 Å². The van der Waals surface area contributed by atoms with Gasteiger partial charge >= 0.3 is 0 Å². The number of aliphatic hydroxyl groups is 1. The van der Waals surface area contributed by atoms with Crippen LogP contribution in [-0.2, 0) is 4.79 Å². The van der Waals surface area contributed by atoms with E-state index in [-0.39, 0.29) is 19.1 Å². The molecule has 0 aliphatic rings. The zero-order valence-corrected chi connectivity index (χ0v) is 11.5. The molecule has 0 radical (unpaired) electrons. The number of benzene rings is 1. The number of anilines is 1. The van der Waals surface area contributed by atoms with Gasteiger partial charge in [-0.3, -0.25) is 4.79 Å². The Morgan fingerprint density at radius 1 is 1.32 bits per heavy atom. The van der Waals surface area contributed by atoms with Crippen molar-refractivity contribution in [2.45, 2.75) is 32.2 Å². The molecule has 0 aliphatic carbocycles. The normalized spacial score (nSPS) is 11.1. The van der Waals surface area contributed by atoms with Gasteiger partial charge in [0.25, 0.3) is 5.91 Å². The number of hydrogen-bond donors (Lipinski definition) is 3. The molecule has 0 unspecified atom stereocenters. The molecule has 0 aliphatic heterocycles. The van der Waals surface area contributed by atoms with Crippen LogP contribution in [0.25, 0.3) is 0 Å². The third kappa shape index (κ3) is 4.44. The van der Waals surface area contributed by atoms with Gasteiger partial charge in [-0.25, -0.2) is 0 Å². The molecule has 5 heteroatoms. The van der Waals surface area contributed by atoms with Gasteiger partial charge in [0.05, 0.1) is 12.1 Å². The van der Waals surface area contributed by atoms with Crippen molar-refractivity contribution in [1.82, 2.24) is 5.32 Å². The zero-order valence-electron chi connectivity index (χ0n) is 11.5. The molecular formula is C14H22N2O3. The van der Waals surface area contributed by atoms with Crippen LogP contribution in [0.3, 0.4) is 0 Å². The fourth-order valence-corrected chi connectivity index (χ4v) is 1.73. The number of rotatable bonds is 7. The number of carbonyl (C=O) groups excluding carboxylic acids is 1. The van der Waals surface area contributed by atoms with Crippen LogP contribution >= 0.6 is 0 Å². The van der Waals surface area contributed by atoms with E-state index in [1.165, 1.54) is 0 Å². The summed E-state index contributed by atoms with van der Waals surface area (Å²) in [4.78, 5) is 11.8. The maximum atomic E-state index is 11.8. The number of aliphatic hydroxyl groups excluding tert-OH is 1. The third-order valence-electron chi connectivity index (χ3n) is 3.31. The van der Waals surface area contributed by atoms with Gasteiger partial charge in [-0.1, -0.05) is 13.8 Å². The fourth-order valence-electron chi connectivity index (χ4n) is 1.73. The summed E-state index contributed by atoms with van der Waals surface area (Å²) < 4.78 is 5.35. The van der Waals surface area contributed by atoms with Crippen LogP contribution in [-0.4, -0.2) is 29.8 Å². The summed E-state index contributed by atoms with van der Waals surface area (Å²) >= 11 is 0. The fraction of sp³-hybridized carbons (Fsp3) is 0.500. The molecule has 1 amide bonds. The van der Waals surface area contributed by atoms with E-state index in [1.54, 1.807) is 24.3 Å². The molecule has 106 valence electrons. The molecule has 0 saturated heterocycles. The van der Waals surface area contributed by atoms with Gasteiger partial charge in [-0.05, 0) is 37.1 Å². The highest BCUT2D eigenvalue weighted by molar-refractivity contribution is 5.78. The summed E-state index contributed by atoms with van der Waals surface area (Å²) in [6.45, 7) is 3.71. The minimum atomic E-state index is -0.554. The summed E-state index contributed by atoms with van der Waals surface area (Å²) in [6.07, 6.45) is 1.35. The van der Waals surface area contributed by atoms with E-state index in [0.717, 1.165) is 0 Å². The molecule has 0 heterocycles. The molecule has 0 saturated carbocycles. The first-order valence-electron chi connectivity index (χ1n) is 6.45. The lowest BCUT2D eigenvalue weighted by Crippen LogP contribution is -2.51. The molecule has 0 aromatic heterocycles. The van der Waals surface area contributed by atoms with Crippen LogP contribution in [0.15, 0.2) is 24.3 Å². The number of carbonyl (C=O) groups is 1. The van der Waals surface area contributed by atoms with Gasteiger partial charge in [-0.2, -0.15) is 0 Å². The van der Waals surface area contributed by atoms with Gasteiger partial charge in [0, 0.05) is 5.69 Å². The maximum Gasteiger partial charge on any atom is 0.258 e. The lowest BCUT2D eigenvalue weighted by Gasteiger charge is -2.30. The summed E-state index contributed by atoms with van der Waals surface area (Å²) in [5.41, 5.74) is 5.65. The quantitative estimate of drug-likeness (QED) is 0.650. The molecule has 1 aromatic carbocycles. The molecule has 1 rings (SSSR count). The second-order valence-electron chi connectivity index (χ2n) is 4.55. The summed E-state index contributed by atoms with van der Waals surface area (Å²) in [7, 11) is 0. The number of nitrogen functional groups attached to an aromatic ring is 1. The predicted molar refractivity (Wildman–Crippen MR) is 74.9 cm³/mol. The maximum absolute atomic E-state index is 11.8. The van der Waals surface area contributed by atoms with E-state index >= 15 is 0 Å². The highest BCUT2D eigenvalue weighted by atomic mass is 16.5. The van der Waals surface area contributed by atoms with Crippen LogP contribution < -0.4 is 15.8 Å². The second kappa shape index (κ2) is 6.99. The highest BCUT2D eigenvalue weighted by Gasteiger charge is 2.27. The van der Waals surface area contributed by atoms with Crippen molar-refractivity contribution < 1.29 is 14.6 Å². The average molecular weight is 266 g/mol. The first-order chi connectivity index (χ1) is 9.05. The Morgan fingerprint density at radius 3 is 2.37 bits per heavy atom. The molecule has 19 heavy (non-hydrogen) atoms. The number of amides is 1. The first-order valence-corrected chi connectivity index (χ1v) is 6.45. The highest BCUT2D eigenvalue weighted by Crippen LogP contribution is 2.15. The molecule has 0 fully saturated rings. The Balaban J connectivity index is 2.49. The van der Waals surface area contributed by atoms with Crippen molar-refractivity contribution in [3.63, 3.8) is 0 Å². The van der Waals surface area contributed by atoms with Crippen LogP contribution in [0, 0.1) is 0 Å². The van der Waals surface area contributed by atoms with E-state index in [4.69, 9.17) is 10.5 Å². The lowest BCUT2D eigenvalue weighted by atomic mass is 9.94. The molecular weight excluding hydrogens is 244 g/mol. The second-order valence-corrected chi connectivity index (χ2v) is 4.55. The Hall–Kier alpha value is -1.75. The van der Waals surface area contributed by atoms with Gasteiger partial charge < -0.3 is 20.9 Å². The summed E-state index contributed by atoms with van der Waals surface area (Å²) in [5.74, 6) is 0.349. The molecule has 5 nitrogen and oxygen atoms in total. The number of ether oxygens (including phenoxy) is 1. The minimum absolute atomic E-state index is 0.0758. The SMILES string of the molecule is CCC(CC)(CO)NC(=O)COc1ccc(N)cc1. The van der Waals surface area contributed by atoms with Crippen molar-refractivity contribution in [3.8, 4) is 5.75 Å². The lowest BCUT2D eigenvalue weighted by molar-refractivity contribution is -0.125. The van der Waals surface area contributed by atoms with Gasteiger partial charge in [0.1, 0.15) is 5.75 Å². The monoisotopic (exact) mass is 266 g/mol. The van der Waals surface area contributed by atoms with E-state index in [9.17, 15) is 9.90 Å². The van der Waals surface area contributed by atoms with E-state index in [2.05, 4.69) is 5.32 Å². The number of hydrogen-bond acceptors (Lipinski definition) is 4. The minimum Gasteiger partial charge on any atom is -0.484 e. The smallest absolute Gasteiger partial charge is 0.258 e. The summed E-state index contributed by atoms with van der Waals surface area (Å²) in [6, 6.07) is 6.84. The standard InChI is InChI=1S/C14H22N2O3/c1-3-14(4-2,10-17)16-13(18)9-19-12-7-5-11(15)6-8-12/h5-8,17H,3-4,9-10,15H2,1-2H3,(H,16,18). The Bertz CT molecular complexity index is 391. The van der Waals surface area contributed by atoms with E-state index in [0.29, 0.717) is 24.3 Å². The van der Waals surface area contributed by atoms with Crippen molar-refractivity contribution in [1.29, 1.82) is 0 Å². The zero-order chi connectivity index (χ0) is 14.3. The van der Waals surface area contributed by atoms with Crippen molar-refractivity contribution in [3.05, 3.63) is 24.3 Å². The van der Waals surface area contributed by atoms with Crippen molar-refractivity contribution in [2.24, 2.45) is 0 Å². The topological polar surface area (TPSA) is 84.6 Å². The van der Waals surface area contributed by atoms with Crippen molar-refractivity contribution in [2.75, 3.05) is 18.9 Å².